The Morgan fingerprint density at radius 1 is 1.32 bits per heavy atom. The van der Waals surface area contributed by atoms with Gasteiger partial charge in [0, 0.05) is 11.9 Å². The first-order chi connectivity index (χ1) is 10.6. The molecule has 0 saturated carbocycles. The fourth-order valence-electron chi connectivity index (χ4n) is 2.82. The van der Waals surface area contributed by atoms with E-state index in [9.17, 15) is 14.7 Å². The van der Waals surface area contributed by atoms with Crippen molar-refractivity contribution in [1.82, 2.24) is 4.57 Å². The van der Waals surface area contributed by atoms with E-state index in [-0.39, 0.29) is 5.56 Å². The quantitative estimate of drug-likeness (QED) is 0.921. The molecule has 1 aromatic carbocycles. The summed E-state index contributed by atoms with van der Waals surface area (Å²) in [7, 11) is 1.54. The van der Waals surface area contributed by atoms with Crippen LogP contribution in [0, 0.1) is 0 Å². The third-order valence-corrected chi connectivity index (χ3v) is 3.89. The molecule has 1 aliphatic heterocycles. The molecule has 1 aromatic heterocycles. The van der Waals surface area contributed by atoms with Crippen LogP contribution in [0.2, 0.25) is 0 Å². The number of rotatable bonds is 2. The van der Waals surface area contributed by atoms with Crippen molar-refractivity contribution in [3.05, 3.63) is 34.1 Å². The molecule has 0 radical (unpaired) electrons. The molecule has 0 saturated heterocycles. The summed E-state index contributed by atoms with van der Waals surface area (Å²) in [6.45, 7) is 1.02. The Balaban J connectivity index is 2.41. The molecule has 0 unspecified atom stereocenters. The van der Waals surface area contributed by atoms with E-state index in [4.69, 9.17) is 9.47 Å². The fraction of sp³-hybridized carbons (Fsp3) is 0.375. The molecule has 116 valence electrons. The highest BCUT2D eigenvalue weighted by Crippen LogP contribution is 2.36. The number of nitrogens with zero attached hydrogens (tertiary/aromatic N) is 1. The summed E-state index contributed by atoms with van der Waals surface area (Å²) in [5.41, 5.74) is -0.112. The Morgan fingerprint density at radius 2 is 2.14 bits per heavy atom. The SMILES string of the molecule is COc1ccc2cc(C(=O)O)c(=O)n3c2c1OCCCCC3. The number of pyridine rings is 1. The zero-order valence-electron chi connectivity index (χ0n) is 12.3. The van der Waals surface area contributed by atoms with Crippen LogP contribution in [-0.2, 0) is 6.54 Å². The molecule has 3 rings (SSSR count). The smallest absolute Gasteiger partial charge is 0.341 e. The molecular weight excluding hydrogens is 286 g/mol. The number of hydrogen-bond donors (Lipinski definition) is 1. The lowest BCUT2D eigenvalue weighted by Gasteiger charge is -2.16. The number of benzene rings is 1. The van der Waals surface area contributed by atoms with Crippen LogP contribution in [0.1, 0.15) is 29.6 Å². The summed E-state index contributed by atoms with van der Waals surface area (Å²) in [5.74, 6) is -0.157. The van der Waals surface area contributed by atoms with Crippen molar-refractivity contribution in [3.63, 3.8) is 0 Å². The first-order valence-corrected chi connectivity index (χ1v) is 7.24. The number of aryl methyl sites for hydroxylation is 1. The highest BCUT2D eigenvalue weighted by molar-refractivity contribution is 5.95. The lowest BCUT2D eigenvalue weighted by Crippen LogP contribution is -2.27. The van der Waals surface area contributed by atoms with E-state index in [1.165, 1.54) is 10.6 Å². The summed E-state index contributed by atoms with van der Waals surface area (Å²) in [6, 6.07) is 4.89. The number of aromatic carboxylic acids is 1. The van der Waals surface area contributed by atoms with Gasteiger partial charge < -0.3 is 19.1 Å². The van der Waals surface area contributed by atoms with E-state index in [0.717, 1.165) is 19.3 Å². The van der Waals surface area contributed by atoms with Gasteiger partial charge in [0.15, 0.2) is 11.5 Å². The topological polar surface area (TPSA) is 77.8 Å². The van der Waals surface area contributed by atoms with Crippen LogP contribution in [0.5, 0.6) is 11.5 Å². The molecule has 6 heteroatoms. The number of hydrogen-bond acceptors (Lipinski definition) is 4. The Labute approximate surface area is 126 Å². The minimum absolute atomic E-state index is 0.220. The van der Waals surface area contributed by atoms with Gasteiger partial charge in [-0.2, -0.15) is 0 Å². The average Bonchev–Trinajstić information content (AvgIpc) is 2.61. The van der Waals surface area contributed by atoms with E-state index >= 15 is 0 Å². The molecular formula is C16H17NO5. The monoisotopic (exact) mass is 303 g/mol. The zero-order chi connectivity index (χ0) is 15.7. The number of aromatic nitrogens is 1. The second-order valence-electron chi connectivity index (χ2n) is 5.26. The van der Waals surface area contributed by atoms with Gasteiger partial charge in [0.1, 0.15) is 5.56 Å². The van der Waals surface area contributed by atoms with Crippen LogP contribution < -0.4 is 15.0 Å². The average molecular weight is 303 g/mol. The van der Waals surface area contributed by atoms with Crippen molar-refractivity contribution in [1.29, 1.82) is 0 Å². The maximum absolute atomic E-state index is 12.5. The van der Waals surface area contributed by atoms with Crippen molar-refractivity contribution in [2.45, 2.75) is 25.8 Å². The number of carbonyl (C=O) groups is 1. The molecule has 1 aliphatic rings. The highest BCUT2D eigenvalue weighted by Gasteiger charge is 2.20. The molecule has 0 fully saturated rings. The molecule has 0 amide bonds. The van der Waals surface area contributed by atoms with Crippen molar-refractivity contribution in [2.75, 3.05) is 13.7 Å². The summed E-state index contributed by atoms with van der Waals surface area (Å²) in [6.07, 6.45) is 2.60. The Hall–Kier alpha value is -2.50. The zero-order valence-corrected chi connectivity index (χ0v) is 12.3. The fourth-order valence-corrected chi connectivity index (χ4v) is 2.82. The molecule has 6 nitrogen and oxygen atoms in total. The molecule has 0 atom stereocenters. The molecule has 2 aromatic rings. The largest absolute Gasteiger partial charge is 0.493 e. The number of ether oxygens (including phenoxy) is 2. The summed E-state index contributed by atoms with van der Waals surface area (Å²) in [4.78, 5) is 23.8. The van der Waals surface area contributed by atoms with Crippen LogP contribution in [-0.4, -0.2) is 29.4 Å². The standard InChI is InChI=1S/C16H17NO5/c1-21-12-6-5-10-9-11(16(19)20)15(18)17-7-3-2-4-8-22-14(12)13(10)17/h5-6,9H,2-4,7-8H2,1H3,(H,19,20). The van der Waals surface area contributed by atoms with E-state index < -0.39 is 11.5 Å². The van der Waals surface area contributed by atoms with Gasteiger partial charge in [-0.3, -0.25) is 4.79 Å². The van der Waals surface area contributed by atoms with E-state index in [1.807, 2.05) is 0 Å². The maximum Gasteiger partial charge on any atom is 0.341 e. The summed E-state index contributed by atoms with van der Waals surface area (Å²) < 4.78 is 12.7. The predicted molar refractivity (Wildman–Crippen MR) is 81.1 cm³/mol. The molecule has 2 heterocycles. The summed E-state index contributed by atoms with van der Waals surface area (Å²) in [5, 5.41) is 9.91. The van der Waals surface area contributed by atoms with Crippen molar-refractivity contribution in [2.24, 2.45) is 0 Å². The van der Waals surface area contributed by atoms with Gasteiger partial charge in [-0.1, -0.05) is 0 Å². The third-order valence-electron chi connectivity index (χ3n) is 3.89. The normalized spacial score (nSPS) is 14.6. The van der Waals surface area contributed by atoms with Crippen molar-refractivity contribution >= 4 is 16.9 Å². The first kappa shape index (κ1) is 14.4. The van der Waals surface area contributed by atoms with Crippen molar-refractivity contribution in [3.8, 4) is 11.5 Å². The lowest BCUT2D eigenvalue weighted by molar-refractivity contribution is 0.0694. The molecule has 22 heavy (non-hydrogen) atoms. The van der Waals surface area contributed by atoms with E-state index in [1.54, 1.807) is 19.2 Å². The highest BCUT2D eigenvalue weighted by atomic mass is 16.5. The van der Waals surface area contributed by atoms with Gasteiger partial charge in [0.2, 0.25) is 0 Å². The second kappa shape index (κ2) is 5.71. The Morgan fingerprint density at radius 3 is 2.86 bits per heavy atom. The van der Waals surface area contributed by atoms with Gasteiger partial charge in [0.05, 0.1) is 19.2 Å². The van der Waals surface area contributed by atoms with Crippen LogP contribution in [0.4, 0.5) is 0 Å². The number of carboxylic acids is 1. The van der Waals surface area contributed by atoms with Gasteiger partial charge in [-0.05, 0) is 37.5 Å². The van der Waals surface area contributed by atoms with Gasteiger partial charge in [-0.25, -0.2) is 4.79 Å². The van der Waals surface area contributed by atoms with E-state index in [0.29, 0.717) is 35.6 Å². The van der Waals surface area contributed by atoms with Gasteiger partial charge in [-0.15, -0.1) is 0 Å². The molecule has 0 aliphatic carbocycles. The minimum Gasteiger partial charge on any atom is -0.493 e. The predicted octanol–water partition coefficient (Wildman–Crippen LogP) is 2.27. The molecule has 0 spiro atoms. The number of methoxy groups -OCH3 is 1. The third kappa shape index (κ3) is 2.30. The molecule has 1 N–H and O–H groups in total. The van der Waals surface area contributed by atoms with Gasteiger partial charge >= 0.3 is 5.97 Å². The van der Waals surface area contributed by atoms with E-state index in [2.05, 4.69) is 0 Å². The Kier molecular flexibility index (Phi) is 3.75. The van der Waals surface area contributed by atoms with Crippen LogP contribution in [0.3, 0.4) is 0 Å². The second-order valence-corrected chi connectivity index (χ2v) is 5.26. The van der Waals surface area contributed by atoms with Gasteiger partial charge in [0.25, 0.3) is 5.56 Å². The van der Waals surface area contributed by atoms with Crippen LogP contribution in [0.15, 0.2) is 23.0 Å². The maximum atomic E-state index is 12.5. The molecule has 0 bridgehead atoms. The first-order valence-electron chi connectivity index (χ1n) is 7.24. The summed E-state index contributed by atoms with van der Waals surface area (Å²) >= 11 is 0. The van der Waals surface area contributed by atoms with Crippen molar-refractivity contribution < 1.29 is 19.4 Å². The lowest BCUT2D eigenvalue weighted by atomic mass is 10.1. The van der Waals surface area contributed by atoms with Crippen LogP contribution >= 0.6 is 0 Å². The van der Waals surface area contributed by atoms with Crippen LogP contribution in [0.25, 0.3) is 10.9 Å². The minimum atomic E-state index is -1.21. The number of carboxylic acid groups (broad SMARTS) is 1. The Bertz CT molecular complexity index is 793.